The number of thiazole rings is 1. The van der Waals surface area contributed by atoms with Crippen molar-refractivity contribution in [2.45, 2.75) is 24.7 Å². The number of nitrogens with zero attached hydrogens (tertiary/aromatic N) is 2. The number of ether oxygens (including phenoxy) is 1. The molecular formula is C21H21FN2O3S2. The average Bonchev–Trinajstić information content (AvgIpc) is 3.01. The van der Waals surface area contributed by atoms with Crippen molar-refractivity contribution in [2.24, 2.45) is 12.0 Å². The Hall–Kier alpha value is -2.45. The number of carbonyl (C=O) groups is 2. The van der Waals surface area contributed by atoms with E-state index in [0.29, 0.717) is 29.8 Å². The van der Waals surface area contributed by atoms with Gasteiger partial charge in [-0.15, -0.1) is 11.8 Å². The van der Waals surface area contributed by atoms with Gasteiger partial charge in [-0.2, -0.15) is 4.99 Å². The molecular weight excluding hydrogens is 411 g/mol. The molecule has 0 saturated carbocycles. The van der Waals surface area contributed by atoms with Gasteiger partial charge in [-0.25, -0.2) is 9.18 Å². The molecule has 8 heteroatoms. The van der Waals surface area contributed by atoms with Gasteiger partial charge in [0.1, 0.15) is 5.82 Å². The molecule has 0 aliphatic carbocycles. The largest absolute Gasteiger partial charge is 0.462 e. The van der Waals surface area contributed by atoms with Crippen molar-refractivity contribution >= 4 is 45.2 Å². The number of benzene rings is 2. The topological polar surface area (TPSA) is 60.7 Å². The molecule has 1 aromatic heterocycles. The SMILES string of the molecule is CCOC(=O)c1ccc2c(c1)sc(=NC(=O)CCCSc1ccc(F)cc1)n2C. The molecule has 0 bridgehead atoms. The van der Waals surface area contributed by atoms with E-state index in [2.05, 4.69) is 4.99 Å². The van der Waals surface area contributed by atoms with Crippen LogP contribution in [0.5, 0.6) is 0 Å². The first-order chi connectivity index (χ1) is 14.0. The Kier molecular flexibility index (Phi) is 7.22. The summed E-state index contributed by atoms with van der Waals surface area (Å²) >= 11 is 2.95. The summed E-state index contributed by atoms with van der Waals surface area (Å²) in [6, 6.07) is 11.6. The van der Waals surface area contributed by atoms with Crippen LogP contribution >= 0.6 is 23.1 Å². The zero-order chi connectivity index (χ0) is 20.8. The third-order valence-corrected chi connectivity index (χ3v) is 6.35. The fourth-order valence-electron chi connectivity index (χ4n) is 2.69. The molecule has 5 nitrogen and oxygen atoms in total. The highest BCUT2D eigenvalue weighted by Crippen LogP contribution is 2.20. The van der Waals surface area contributed by atoms with Crippen molar-refractivity contribution in [3.8, 4) is 0 Å². The zero-order valence-corrected chi connectivity index (χ0v) is 17.8. The second-order valence-electron chi connectivity index (χ2n) is 6.26. The van der Waals surface area contributed by atoms with E-state index >= 15 is 0 Å². The minimum atomic E-state index is -0.362. The molecule has 1 heterocycles. The number of fused-ring (bicyclic) bond motifs is 1. The summed E-state index contributed by atoms with van der Waals surface area (Å²) in [6.45, 7) is 2.09. The first-order valence-corrected chi connectivity index (χ1v) is 11.0. The molecule has 29 heavy (non-hydrogen) atoms. The lowest BCUT2D eigenvalue weighted by atomic mass is 10.2. The number of thioether (sulfide) groups is 1. The first-order valence-electron chi connectivity index (χ1n) is 9.20. The number of halogens is 1. The summed E-state index contributed by atoms with van der Waals surface area (Å²) in [5.74, 6) is -0.0426. The fraction of sp³-hybridized carbons (Fsp3) is 0.286. The molecule has 0 aliphatic rings. The third kappa shape index (κ3) is 5.55. The molecule has 2 aromatic carbocycles. The van der Waals surface area contributed by atoms with Crippen molar-refractivity contribution in [3.05, 3.63) is 58.6 Å². The number of hydrogen-bond donors (Lipinski definition) is 0. The highest BCUT2D eigenvalue weighted by atomic mass is 32.2. The maximum absolute atomic E-state index is 12.9. The van der Waals surface area contributed by atoms with E-state index in [4.69, 9.17) is 4.74 Å². The molecule has 0 aliphatic heterocycles. The molecule has 0 N–H and O–H groups in total. The number of aromatic nitrogens is 1. The van der Waals surface area contributed by atoms with Gasteiger partial charge >= 0.3 is 5.97 Å². The number of rotatable bonds is 7. The second-order valence-corrected chi connectivity index (χ2v) is 8.44. The van der Waals surface area contributed by atoms with E-state index in [9.17, 15) is 14.0 Å². The maximum Gasteiger partial charge on any atom is 0.338 e. The van der Waals surface area contributed by atoms with Crippen LogP contribution < -0.4 is 4.80 Å². The third-order valence-electron chi connectivity index (χ3n) is 4.16. The molecule has 3 aromatic rings. The molecule has 152 valence electrons. The quantitative estimate of drug-likeness (QED) is 0.312. The van der Waals surface area contributed by atoms with E-state index in [1.807, 2.05) is 17.7 Å². The standard InChI is InChI=1S/C21H21FN2O3S2/c1-3-27-20(26)14-6-11-17-18(13-14)29-21(24(17)2)23-19(25)5-4-12-28-16-9-7-15(22)8-10-16/h6-11,13H,3-5,12H2,1-2H3. The Morgan fingerprint density at radius 2 is 1.97 bits per heavy atom. The van der Waals surface area contributed by atoms with Crippen LogP contribution in [0.25, 0.3) is 10.2 Å². The van der Waals surface area contributed by atoms with Gasteiger partial charge in [0.2, 0.25) is 5.91 Å². The predicted octanol–water partition coefficient (Wildman–Crippen LogP) is 4.56. The smallest absolute Gasteiger partial charge is 0.338 e. The maximum atomic E-state index is 12.9. The molecule has 0 unspecified atom stereocenters. The molecule has 0 spiro atoms. The number of amides is 1. The van der Waals surface area contributed by atoms with Crippen LogP contribution in [-0.2, 0) is 16.6 Å². The van der Waals surface area contributed by atoms with Crippen molar-refractivity contribution in [1.82, 2.24) is 4.57 Å². The van der Waals surface area contributed by atoms with Crippen LogP contribution in [0.4, 0.5) is 4.39 Å². The van der Waals surface area contributed by atoms with E-state index < -0.39 is 0 Å². The molecule has 3 rings (SSSR count). The number of hydrogen-bond acceptors (Lipinski definition) is 5. The summed E-state index contributed by atoms with van der Waals surface area (Å²) in [7, 11) is 1.85. The van der Waals surface area contributed by atoms with Gasteiger partial charge in [0.25, 0.3) is 0 Å². The molecule has 0 fully saturated rings. The number of esters is 1. The first kappa shape index (κ1) is 21.3. The van der Waals surface area contributed by atoms with E-state index in [-0.39, 0.29) is 17.7 Å². The van der Waals surface area contributed by atoms with Crippen LogP contribution in [0, 0.1) is 5.82 Å². The van der Waals surface area contributed by atoms with Crippen LogP contribution in [0.1, 0.15) is 30.1 Å². The lowest BCUT2D eigenvalue weighted by Crippen LogP contribution is -2.13. The van der Waals surface area contributed by atoms with Crippen molar-refractivity contribution in [2.75, 3.05) is 12.4 Å². The van der Waals surface area contributed by atoms with Gasteiger partial charge in [0, 0.05) is 18.4 Å². The van der Waals surface area contributed by atoms with Crippen LogP contribution in [0.2, 0.25) is 0 Å². The Labute approximate surface area is 176 Å². The van der Waals surface area contributed by atoms with E-state index in [0.717, 1.165) is 20.9 Å². The predicted molar refractivity (Wildman–Crippen MR) is 114 cm³/mol. The van der Waals surface area contributed by atoms with Crippen LogP contribution in [-0.4, -0.2) is 28.8 Å². The Morgan fingerprint density at radius 1 is 1.21 bits per heavy atom. The van der Waals surface area contributed by atoms with Crippen molar-refractivity contribution in [1.29, 1.82) is 0 Å². The number of carbonyl (C=O) groups excluding carboxylic acids is 2. The van der Waals surface area contributed by atoms with Crippen molar-refractivity contribution < 1.29 is 18.7 Å². The highest BCUT2D eigenvalue weighted by Gasteiger charge is 2.11. The lowest BCUT2D eigenvalue weighted by Gasteiger charge is -2.01. The summed E-state index contributed by atoms with van der Waals surface area (Å²) < 4.78 is 20.7. The molecule has 0 radical (unpaired) electrons. The Bertz CT molecular complexity index is 1090. The minimum absolute atomic E-state index is 0.183. The summed E-state index contributed by atoms with van der Waals surface area (Å²) in [5, 5.41) is 0. The summed E-state index contributed by atoms with van der Waals surface area (Å²) in [5.41, 5.74) is 1.39. The van der Waals surface area contributed by atoms with Crippen LogP contribution in [0.15, 0.2) is 52.4 Å². The average molecular weight is 433 g/mol. The Balaban J connectivity index is 1.63. The molecule has 0 saturated heterocycles. The van der Waals surface area contributed by atoms with E-state index in [1.54, 1.807) is 43.0 Å². The fourth-order valence-corrected chi connectivity index (χ4v) is 4.62. The van der Waals surface area contributed by atoms with Gasteiger partial charge in [0.15, 0.2) is 4.80 Å². The van der Waals surface area contributed by atoms with Gasteiger partial charge < -0.3 is 9.30 Å². The van der Waals surface area contributed by atoms with Crippen LogP contribution in [0.3, 0.4) is 0 Å². The monoisotopic (exact) mass is 432 g/mol. The minimum Gasteiger partial charge on any atom is -0.462 e. The normalized spacial score (nSPS) is 11.8. The molecule has 1 amide bonds. The number of aryl methyl sites for hydroxylation is 1. The van der Waals surface area contributed by atoms with Crippen molar-refractivity contribution in [3.63, 3.8) is 0 Å². The Morgan fingerprint density at radius 3 is 2.69 bits per heavy atom. The summed E-state index contributed by atoms with van der Waals surface area (Å²) in [6.07, 6.45) is 1.03. The molecule has 0 atom stereocenters. The second kappa shape index (κ2) is 9.84. The van der Waals surface area contributed by atoms with E-state index in [1.165, 1.54) is 23.5 Å². The highest BCUT2D eigenvalue weighted by molar-refractivity contribution is 7.99. The van der Waals surface area contributed by atoms with Gasteiger partial charge in [-0.05, 0) is 61.6 Å². The van der Waals surface area contributed by atoms with Gasteiger partial charge in [0.05, 0.1) is 22.4 Å². The van der Waals surface area contributed by atoms with Gasteiger partial charge in [-0.1, -0.05) is 11.3 Å². The lowest BCUT2D eigenvalue weighted by molar-refractivity contribution is -0.118. The van der Waals surface area contributed by atoms with Gasteiger partial charge in [-0.3, -0.25) is 4.79 Å². The zero-order valence-electron chi connectivity index (χ0n) is 16.2. The summed E-state index contributed by atoms with van der Waals surface area (Å²) in [4.78, 5) is 30.0.